The molecule has 0 radical (unpaired) electrons. The highest BCUT2D eigenvalue weighted by Crippen LogP contribution is 2.20. The van der Waals surface area contributed by atoms with Crippen molar-refractivity contribution in [2.75, 3.05) is 0 Å². The number of hydrogen-bond acceptors (Lipinski definition) is 3. The second-order valence-electron chi connectivity index (χ2n) is 6.11. The van der Waals surface area contributed by atoms with Crippen molar-refractivity contribution in [3.8, 4) is 0 Å². The highest BCUT2D eigenvalue weighted by Gasteiger charge is 2.16. The number of fused-ring (bicyclic) bond motifs is 1. The molecule has 23 heavy (non-hydrogen) atoms. The van der Waals surface area contributed by atoms with E-state index in [1.165, 1.54) is 29.3 Å². The molecule has 1 amide bonds. The third-order valence-electron chi connectivity index (χ3n) is 4.41. The van der Waals surface area contributed by atoms with E-state index in [4.69, 9.17) is 0 Å². The van der Waals surface area contributed by atoms with Gasteiger partial charge in [0.25, 0.3) is 11.5 Å². The van der Waals surface area contributed by atoms with E-state index in [9.17, 15) is 9.59 Å². The molecule has 0 saturated heterocycles. The van der Waals surface area contributed by atoms with Gasteiger partial charge in [0.1, 0.15) is 0 Å². The van der Waals surface area contributed by atoms with E-state index in [1.54, 1.807) is 25.2 Å². The van der Waals surface area contributed by atoms with Gasteiger partial charge in [0.15, 0.2) is 0 Å². The van der Waals surface area contributed by atoms with Crippen LogP contribution in [0.5, 0.6) is 0 Å². The van der Waals surface area contributed by atoms with Gasteiger partial charge in [-0.3, -0.25) is 9.59 Å². The number of nitrogens with one attached hydrogen (secondary N) is 1. The van der Waals surface area contributed by atoms with Crippen LogP contribution in [0.3, 0.4) is 0 Å². The Bertz CT molecular complexity index is 836. The van der Waals surface area contributed by atoms with Gasteiger partial charge in [-0.25, -0.2) is 4.98 Å². The summed E-state index contributed by atoms with van der Waals surface area (Å²) in [4.78, 5) is 28.7. The highest BCUT2D eigenvalue weighted by molar-refractivity contribution is 5.97. The van der Waals surface area contributed by atoms with E-state index >= 15 is 0 Å². The first-order valence-corrected chi connectivity index (χ1v) is 8.01. The third kappa shape index (κ3) is 3.18. The van der Waals surface area contributed by atoms with Gasteiger partial charge < -0.3 is 9.88 Å². The quantitative estimate of drug-likeness (QED) is 0.886. The Morgan fingerprint density at radius 1 is 1.35 bits per heavy atom. The van der Waals surface area contributed by atoms with Crippen molar-refractivity contribution in [1.29, 1.82) is 0 Å². The van der Waals surface area contributed by atoms with Crippen molar-refractivity contribution in [1.82, 2.24) is 14.9 Å². The Morgan fingerprint density at radius 2 is 2.17 bits per heavy atom. The summed E-state index contributed by atoms with van der Waals surface area (Å²) in [6.45, 7) is 2.02. The summed E-state index contributed by atoms with van der Waals surface area (Å²) in [5.74, 6) is -0.131. The SMILES string of the molecule is CC(NC(=O)c1ccc2c(=O)n(C)cnc2c1)C1=CCCCC1. The molecule has 0 spiro atoms. The Hall–Kier alpha value is -2.43. The summed E-state index contributed by atoms with van der Waals surface area (Å²) < 4.78 is 1.43. The minimum atomic E-state index is -0.131. The van der Waals surface area contributed by atoms with Crippen molar-refractivity contribution in [2.45, 2.75) is 38.6 Å². The lowest BCUT2D eigenvalue weighted by Crippen LogP contribution is -2.34. The summed E-state index contributed by atoms with van der Waals surface area (Å²) in [6, 6.07) is 5.07. The van der Waals surface area contributed by atoms with E-state index < -0.39 is 0 Å². The molecule has 1 unspecified atom stereocenters. The van der Waals surface area contributed by atoms with E-state index in [0.29, 0.717) is 16.5 Å². The van der Waals surface area contributed by atoms with Gasteiger partial charge in [0, 0.05) is 18.7 Å². The fourth-order valence-electron chi connectivity index (χ4n) is 2.98. The smallest absolute Gasteiger partial charge is 0.260 e. The molecular formula is C18H21N3O2. The Labute approximate surface area is 135 Å². The largest absolute Gasteiger partial charge is 0.346 e. The molecule has 0 fully saturated rings. The van der Waals surface area contributed by atoms with E-state index in [2.05, 4.69) is 16.4 Å². The average Bonchev–Trinajstić information content (AvgIpc) is 2.58. The standard InChI is InChI=1S/C18H21N3O2/c1-12(13-6-4-3-5-7-13)20-17(22)14-8-9-15-16(10-14)19-11-21(2)18(15)23/h6,8-12H,3-5,7H2,1-2H3,(H,20,22). The van der Waals surface area contributed by atoms with Crippen LogP contribution < -0.4 is 10.9 Å². The monoisotopic (exact) mass is 311 g/mol. The zero-order valence-corrected chi connectivity index (χ0v) is 13.5. The number of nitrogens with zero attached hydrogens (tertiary/aromatic N) is 2. The van der Waals surface area contributed by atoms with Crippen LogP contribution in [0.4, 0.5) is 0 Å². The summed E-state index contributed by atoms with van der Waals surface area (Å²) in [5.41, 5.74) is 2.27. The normalized spacial score (nSPS) is 16.0. The molecule has 1 aromatic heterocycles. The molecule has 3 rings (SSSR count). The van der Waals surface area contributed by atoms with Crippen LogP contribution in [0, 0.1) is 0 Å². The second kappa shape index (κ2) is 6.36. The van der Waals surface area contributed by atoms with E-state index in [0.717, 1.165) is 12.8 Å². The summed E-state index contributed by atoms with van der Waals surface area (Å²) in [5, 5.41) is 3.56. The number of carbonyl (C=O) groups excluding carboxylic acids is 1. The lowest BCUT2D eigenvalue weighted by molar-refractivity contribution is 0.0944. The van der Waals surface area contributed by atoms with Gasteiger partial charge in [0.2, 0.25) is 0 Å². The lowest BCUT2D eigenvalue weighted by atomic mass is 9.94. The molecule has 1 heterocycles. The topological polar surface area (TPSA) is 64.0 Å². The molecule has 0 bridgehead atoms. The van der Waals surface area contributed by atoms with Crippen LogP contribution in [-0.2, 0) is 7.05 Å². The fraction of sp³-hybridized carbons (Fsp3) is 0.389. The number of hydrogen-bond donors (Lipinski definition) is 1. The second-order valence-corrected chi connectivity index (χ2v) is 6.11. The molecule has 1 atom stereocenters. The molecule has 5 heteroatoms. The Balaban J connectivity index is 1.82. The number of aryl methyl sites for hydroxylation is 1. The summed E-state index contributed by atoms with van der Waals surface area (Å²) >= 11 is 0. The highest BCUT2D eigenvalue weighted by atomic mass is 16.1. The van der Waals surface area contributed by atoms with Crippen LogP contribution >= 0.6 is 0 Å². The Morgan fingerprint density at radius 3 is 2.91 bits per heavy atom. The zero-order chi connectivity index (χ0) is 16.4. The summed E-state index contributed by atoms with van der Waals surface area (Å²) in [6.07, 6.45) is 8.28. The number of carbonyl (C=O) groups is 1. The van der Waals surface area contributed by atoms with Gasteiger partial charge in [-0.15, -0.1) is 0 Å². The first kappa shape index (κ1) is 15.5. The number of aromatic nitrogens is 2. The average molecular weight is 311 g/mol. The summed E-state index contributed by atoms with van der Waals surface area (Å²) in [7, 11) is 1.66. The first-order chi connectivity index (χ1) is 11.1. The maximum Gasteiger partial charge on any atom is 0.260 e. The third-order valence-corrected chi connectivity index (χ3v) is 4.41. The zero-order valence-electron chi connectivity index (χ0n) is 13.5. The molecule has 2 aromatic rings. The number of allylic oxidation sites excluding steroid dienone is 1. The van der Waals surface area contributed by atoms with Crippen LogP contribution in [-0.4, -0.2) is 21.5 Å². The van der Waals surface area contributed by atoms with Gasteiger partial charge >= 0.3 is 0 Å². The van der Waals surface area contributed by atoms with E-state index in [-0.39, 0.29) is 17.5 Å². The molecule has 0 saturated carbocycles. The molecule has 1 aliphatic carbocycles. The van der Waals surface area contributed by atoms with Crippen molar-refractivity contribution >= 4 is 16.8 Å². The minimum absolute atomic E-state index is 0.0371. The van der Waals surface area contributed by atoms with Crippen LogP contribution in [0.2, 0.25) is 0 Å². The maximum atomic E-state index is 12.4. The van der Waals surface area contributed by atoms with Crippen molar-refractivity contribution < 1.29 is 4.79 Å². The van der Waals surface area contributed by atoms with Crippen molar-refractivity contribution in [2.24, 2.45) is 7.05 Å². The molecule has 0 aliphatic heterocycles. The molecule has 1 aliphatic rings. The van der Waals surface area contributed by atoms with Crippen molar-refractivity contribution in [3.05, 3.63) is 52.1 Å². The molecule has 120 valence electrons. The molecular weight excluding hydrogens is 290 g/mol. The Kier molecular flexibility index (Phi) is 4.28. The van der Waals surface area contributed by atoms with E-state index in [1.807, 2.05) is 6.92 Å². The van der Waals surface area contributed by atoms with Crippen LogP contribution in [0.25, 0.3) is 10.9 Å². The molecule has 1 aromatic carbocycles. The fourth-order valence-corrected chi connectivity index (χ4v) is 2.98. The lowest BCUT2D eigenvalue weighted by Gasteiger charge is -2.21. The molecule has 5 nitrogen and oxygen atoms in total. The maximum absolute atomic E-state index is 12.4. The predicted molar refractivity (Wildman–Crippen MR) is 90.5 cm³/mol. The van der Waals surface area contributed by atoms with Gasteiger partial charge in [0.05, 0.1) is 17.2 Å². The van der Waals surface area contributed by atoms with Crippen LogP contribution in [0.1, 0.15) is 43.0 Å². The first-order valence-electron chi connectivity index (χ1n) is 8.01. The van der Waals surface area contributed by atoms with Gasteiger partial charge in [-0.1, -0.05) is 11.6 Å². The van der Waals surface area contributed by atoms with Crippen LogP contribution in [0.15, 0.2) is 41.0 Å². The van der Waals surface area contributed by atoms with Gasteiger partial charge in [-0.05, 0) is 50.8 Å². The number of amides is 1. The van der Waals surface area contributed by atoms with Crippen molar-refractivity contribution in [3.63, 3.8) is 0 Å². The number of benzene rings is 1. The van der Waals surface area contributed by atoms with Gasteiger partial charge in [-0.2, -0.15) is 0 Å². The minimum Gasteiger partial charge on any atom is -0.346 e. The predicted octanol–water partition coefficient (Wildman–Crippen LogP) is 2.55. The molecule has 1 N–H and O–H groups in total. The number of rotatable bonds is 3.